The van der Waals surface area contributed by atoms with Gasteiger partial charge >= 0.3 is 0 Å². The normalized spacial score (nSPS) is 29.5. The first-order valence-electron chi connectivity index (χ1n) is 9.92. The first-order chi connectivity index (χ1) is 14.0. The molecule has 0 saturated carbocycles. The standard InChI is InChI=1S/C22H24N4O3/c1-14-4-3-5-15(10-14)11-26-13-22-8-6-17(29-22)18(19(22)21(26)28)20(27)25(2)12-16-7-9-23-24-16/h3-10,17-19H,11-13H2,1-2H3,(H,23,24)/t17-,18+,19-,22-/m0/s1. The third-order valence-corrected chi connectivity index (χ3v) is 6.26. The van der Waals surface area contributed by atoms with Gasteiger partial charge in [0.1, 0.15) is 5.60 Å². The molecule has 1 spiro atoms. The molecule has 2 aromatic rings. The summed E-state index contributed by atoms with van der Waals surface area (Å²) in [6, 6.07) is 10.0. The van der Waals surface area contributed by atoms with E-state index >= 15 is 0 Å². The Hall–Kier alpha value is -2.93. The van der Waals surface area contributed by atoms with Crippen molar-refractivity contribution in [1.82, 2.24) is 20.0 Å². The summed E-state index contributed by atoms with van der Waals surface area (Å²) < 4.78 is 6.22. The quantitative estimate of drug-likeness (QED) is 0.785. The molecule has 5 rings (SSSR count). The van der Waals surface area contributed by atoms with Crippen LogP contribution in [0.5, 0.6) is 0 Å². The highest BCUT2D eigenvalue weighted by molar-refractivity contribution is 5.93. The van der Waals surface area contributed by atoms with Crippen molar-refractivity contribution in [2.24, 2.45) is 11.8 Å². The van der Waals surface area contributed by atoms with Gasteiger partial charge in [0.25, 0.3) is 0 Å². The monoisotopic (exact) mass is 392 g/mol. The molecule has 2 bridgehead atoms. The summed E-state index contributed by atoms with van der Waals surface area (Å²) in [6.07, 6.45) is 5.28. The number of nitrogens with zero attached hydrogens (tertiary/aromatic N) is 3. The van der Waals surface area contributed by atoms with Crippen LogP contribution < -0.4 is 0 Å². The number of fused-ring (bicyclic) bond motifs is 1. The summed E-state index contributed by atoms with van der Waals surface area (Å²) in [6.45, 7) is 3.49. The number of likely N-dealkylation sites (tertiary alicyclic amines) is 1. The summed E-state index contributed by atoms with van der Waals surface area (Å²) in [5.41, 5.74) is 2.43. The smallest absolute Gasteiger partial charge is 0.230 e. The number of rotatable bonds is 5. The largest absolute Gasteiger partial charge is 0.360 e. The van der Waals surface area contributed by atoms with Gasteiger partial charge in [-0.25, -0.2) is 0 Å². The molecule has 1 aromatic heterocycles. The maximum atomic E-state index is 13.3. The van der Waals surface area contributed by atoms with Crippen LogP contribution in [0.15, 0.2) is 48.7 Å². The van der Waals surface area contributed by atoms with Gasteiger partial charge in [-0.3, -0.25) is 14.7 Å². The molecule has 0 radical (unpaired) electrons. The van der Waals surface area contributed by atoms with Gasteiger partial charge in [0.05, 0.1) is 36.7 Å². The van der Waals surface area contributed by atoms with Gasteiger partial charge in [-0.05, 0) is 18.6 Å². The Morgan fingerprint density at radius 2 is 2.28 bits per heavy atom. The highest BCUT2D eigenvalue weighted by Gasteiger charge is 2.67. The number of aromatic amines is 1. The molecule has 7 heteroatoms. The van der Waals surface area contributed by atoms with E-state index in [2.05, 4.69) is 16.3 Å². The van der Waals surface area contributed by atoms with Gasteiger partial charge in [0.15, 0.2) is 0 Å². The van der Waals surface area contributed by atoms with Gasteiger partial charge in [-0.2, -0.15) is 5.10 Å². The molecular formula is C22H24N4O3. The van der Waals surface area contributed by atoms with Crippen LogP contribution in [0.1, 0.15) is 16.8 Å². The number of benzene rings is 1. The topological polar surface area (TPSA) is 78.5 Å². The second kappa shape index (κ2) is 6.56. The van der Waals surface area contributed by atoms with Crippen LogP contribution in [0.25, 0.3) is 0 Å². The second-order valence-corrected chi connectivity index (χ2v) is 8.36. The van der Waals surface area contributed by atoms with Crippen molar-refractivity contribution in [3.05, 3.63) is 65.5 Å². The molecule has 1 aromatic carbocycles. The maximum Gasteiger partial charge on any atom is 0.230 e. The molecule has 150 valence electrons. The van der Waals surface area contributed by atoms with Crippen LogP contribution in [-0.4, -0.2) is 57.1 Å². The highest BCUT2D eigenvalue weighted by Crippen LogP contribution is 2.52. The van der Waals surface area contributed by atoms with Crippen molar-refractivity contribution >= 4 is 11.8 Å². The van der Waals surface area contributed by atoms with Gasteiger partial charge in [0, 0.05) is 19.8 Å². The van der Waals surface area contributed by atoms with Gasteiger partial charge in [0.2, 0.25) is 11.8 Å². The zero-order valence-electron chi connectivity index (χ0n) is 16.5. The third-order valence-electron chi connectivity index (χ3n) is 6.26. The lowest BCUT2D eigenvalue weighted by Gasteiger charge is -2.27. The van der Waals surface area contributed by atoms with Crippen LogP contribution in [0, 0.1) is 18.8 Å². The lowest BCUT2D eigenvalue weighted by atomic mass is 9.76. The number of aromatic nitrogens is 2. The Morgan fingerprint density at radius 1 is 1.41 bits per heavy atom. The number of H-pyrrole nitrogens is 1. The number of amides is 2. The predicted octanol–water partition coefficient (Wildman–Crippen LogP) is 1.66. The van der Waals surface area contributed by atoms with Crippen molar-refractivity contribution in [1.29, 1.82) is 0 Å². The van der Waals surface area contributed by atoms with Crippen molar-refractivity contribution in [3.8, 4) is 0 Å². The fraction of sp³-hybridized carbons (Fsp3) is 0.409. The minimum atomic E-state index is -0.680. The second-order valence-electron chi connectivity index (χ2n) is 8.36. The lowest BCUT2D eigenvalue weighted by molar-refractivity contribution is -0.142. The Labute approximate surface area is 169 Å². The zero-order valence-corrected chi connectivity index (χ0v) is 16.5. The third kappa shape index (κ3) is 2.88. The SMILES string of the molecule is Cc1cccc(CN2C[C@]34C=C[C@H](O3)[C@@H](C(=O)N(C)Cc3ccn[nH]3)[C@H]4C2=O)c1. The fourth-order valence-corrected chi connectivity index (χ4v) is 4.99. The molecular weight excluding hydrogens is 368 g/mol. The van der Waals surface area contributed by atoms with Crippen molar-refractivity contribution in [2.45, 2.75) is 31.7 Å². The number of carbonyl (C=O) groups excluding carboxylic acids is 2. The summed E-state index contributed by atoms with van der Waals surface area (Å²) in [5.74, 6) is -1.000. The van der Waals surface area contributed by atoms with E-state index in [4.69, 9.17) is 4.74 Å². The Morgan fingerprint density at radius 3 is 3.03 bits per heavy atom. The van der Waals surface area contributed by atoms with Gasteiger partial charge < -0.3 is 14.5 Å². The first kappa shape index (κ1) is 18.1. The minimum Gasteiger partial charge on any atom is -0.360 e. The van der Waals surface area contributed by atoms with Crippen LogP contribution in [-0.2, 0) is 27.4 Å². The predicted molar refractivity (Wildman–Crippen MR) is 105 cm³/mol. The zero-order chi connectivity index (χ0) is 20.2. The molecule has 3 aliphatic heterocycles. The van der Waals surface area contributed by atoms with E-state index in [1.54, 1.807) is 18.1 Å². The number of ether oxygens (including phenoxy) is 1. The Balaban J connectivity index is 1.37. The van der Waals surface area contributed by atoms with Gasteiger partial charge in [-0.15, -0.1) is 0 Å². The molecule has 1 N–H and O–H groups in total. The minimum absolute atomic E-state index is 0.00615. The molecule has 3 aliphatic rings. The molecule has 2 saturated heterocycles. The summed E-state index contributed by atoms with van der Waals surface area (Å²) in [4.78, 5) is 30.1. The van der Waals surface area contributed by atoms with Crippen molar-refractivity contribution < 1.29 is 14.3 Å². The van der Waals surface area contributed by atoms with E-state index in [1.807, 2.05) is 48.2 Å². The number of hydrogen-bond donors (Lipinski definition) is 1. The summed E-state index contributed by atoms with van der Waals surface area (Å²) in [5, 5.41) is 6.81. The van der Waals surface area contributed by atoms with Crippen LogP contribution >= 0.6 is 0 Å². The van der Waals surface area contributed by atoms with Crippen LogP contribution in [0.3, 0.4) is 0 Å². The molecule has 0 aliphatic carbocycles. The Bertz CT molecular complexity index is 986. The van der Waals surface area contributed by atoms with Crippen LogP contribution in [0.4, 0.5) is 0 Å². The van der Waals surface area contributed by atoms with E-state index in [1.165, 1.54) is 0 Å². The van der Waals surface area contributed by atoms with Crippen LogP contribution in [0.2, 0.25) is 0 Å². The molecule has 4 heterocycles. The molecule has 29 heavy (non-hydrogen) atoms. The van der Waals surface area contributed by atoms with Crippen molar-refractivity contribution in [3.63, 3.8) is 0 Å². The van der Waals surface area contributed by atoms with E-state index in [-0.39, 0.29) is 17.9 Å². The first-order valence-corrected chi connectivity index (χ1v) is 9.92. The average molecular weight is 392 g/mol. The van der Waals surface area contributed by atoms with Gasteiger partial charge in [-0.1, -0.05) is 42.0 Å². The summed E-state index contributed by atoms with van der Waals surface area (Å²) in [7, 11) is 1.76. The summed E-state index contributed by atoms with van der Waals surface area (Å²) >= 11 is 0. The molecule has 2 amide bonds. The van der Waals surface area contributed by atoms with E-state index < -0.39 is 17.4 Å². The van der Waals surface area contributed by atoms with E-state index in [9.17, 15) is 9.59 Å². The Kier molecular flexibility index (Phi) is 4.10. The number of hydrogen-bond acceptors (Lipinski definition) is 4. The molecule has 2 fully saturated rings. The lowest BCUT2D eigenvalue weighted by Crippen LogP contribution is -2.44. The maximum absolute atomic E-state index is 13.3. The number of aryl methyl sites for hydroxylation is 1. The molecule has 7 nitrogen and oxygen atoms in total. The number of carbonyl (C=O) groups is 2. The molecule has 4 atom stereocenters. The number of nitrogens with one attached hydrogen (secondary N) is 1. The molecule has 0 unspecified atom stereocenters. The van der Waals surface area contributed by atoms with E-state index in [0.29, 0.717) is 19.6 Å². The average Bonchev–Trinajstić information content (AvgIpc) is 3.45. The fourth-order valence-electron chi connectivity index (χ4n) is 4.99. The van der Waals surface area contributed by atoms with Crippen molar-refractivity contribution in [2.75, 3.05) is 13.6 Å². The van der Waals surface area contributed by atoms with E-state index in [0.717, 1.165) is 16.8 Å². The highest BCUT2D eigenvalue weighted by atomic mass is 16.5.